The van der Waals surface area contributed by atoms with Crippen LogP contribution in [0.5, 0.6) is 5.75 Å². The molecule has 1 aromatic heterocycles. The molecule has 0 atom stereocenters. The Morgan fingerprint density at radius 3 is 3.33 bits per heavy atom. The number of allylic oxidation sites excluding steroid dienone is 1. The predicted molar refractivity (Wildman–Crippen MR) is 59.7 cm³/mol. The molecule has 2 aromatic rings. The molecule has 2 heterocycles. The summed E-state index contributed by atoms with van der Waals surface area (Å²) in [5, 5.41) is 0.838. The van der Waals surface area contributed by atoms with Gasteiger partial charge in [-0.2, -0.15) is 0 Å². The highest BCUT2D eigenvalue weighted by Crippen LogP contribution is 2.34. The van der Waals surface area contributed by atoms with E-state index in [4.69, 9.17) is 6.11 Å². The van der Waals surface area contributed by atoms with Crippen LogP contribution in [0.15, 0.2) is 47.8 Å². The lowest BCUT2D eigenvalue weighted by molar-refractivity contribution is 0.483. The van der Waals surface area contributed by atoms with Crippen LogP contribution < -0.4 is 4.74 Å². The quantitative estimate of drug-likeness (QED) is 0.650. The summed E-state index contributed by atoms with van der Waals surface area (Å²) >= 11 is 0. The van der Waals surface area contributed by atoms with E-state index in [2.05, 4.69) is 9.98 Å². The minimum Gasteiger partial charge on any atom is -0.461 e. The number of hydrogen-bond acceptors (Lipinski definition) is 3. The molecule has 3 heteroatoms. The molecule has 72 valence electrons. The van der Waals surface area contributed by atoms with E-state index in [9.17, 15) is 0 Å². The summed E-state index contributed by atoms with van der Waals surface area (Å²) in [6, 6.07) is 5.70. The molecule has 0 aliphatic carbocycles. The van der Waals surface area contributed by atoms with Crippen LogP contribution in [-0.4, -0.2) is 11.2 Å². The van der Waals surface area contributed by atoms with Gasteiger partial charge < -0.3 is 4.74 Å². The van der Waals surface area contributed by atoms with Crippen molar-refractivity contribution < 1.29 is 6.11 Å². The molecule has 0 radical (unpaired) electrons. The summed E-state index contributed by atoms with van der Waals surface area (Å²) in [5.41, 5.74) is 1.54. The van der Waals surface area contributed by atoms with Gasteiger partial charge in [0.05, 0.1) is 19.3 Å². The molecule has 15 heavy (non-hydrogen) atoms. The van der Waals surface area contributed by atoms with Gasteiger partial charge in [0.2, 0.25) is 0 Å². The molecule has 3 rings (SSSR count). The van der Waals surface area contributed by atoms with Crippen molar-refractivity contribution in [2.24, 2.45) is 4.99 Å². The smallest absolute Gasteiger partial charge is 0.171 e. The lowest BCUT2D eigenvalue weighted by atomic mass is 10.2. The summed E-state index contributed by atoms with van der Waals surface area (Å²) in [7, 11) is 0. The number of benzene rings is 1. The van der Waals surface area contributed by atoms with Crippen LogP contribution >= 0.6 is 0 Å². The first-order chi connectivity index (χ1) is 7.84. The minimum atomic E-state index is 0.440. The Labute approximate surface area is 88.1 Å². The van der Waals surface area contributed by atoms with Crippen molar-refractivity contribution in [1.82, 2.24) is 4.98 Å². The lowest BCUT2D eigenvalue weighted by Crippen LogP contribution is -1.85. The predicted octanol–water partition coefficient (Wildman–Crippen LogP) is 2.84. The van der Waals surface area contributed by atoms with Crippen LogP contribution in [0.2, 0.25) is 0 Å². The van der Waals surface area contributed by atoms with Crippen LogP contribution in [0.25, 0.3) is 10.9 Å². The van der Waals surface area contributed by atoms with Gasteiger partial charge in [0, 0.05) is 11.6 Å². The topological polar surface area (TPSA) is 34.5 Å². The zero-order valence-corrected chi connectivity index (χ0v) is 7.84. The lowest BCUT2D eigenvalue weighted by Gasteiger charge is -2.05. The molecule has 3 nitrogen and oxygen atoms in total. The molecule has 0 saturated carbocycles. The van der Waals surface area contributed by atoms with Gasteiger partial charge in [0.25, 0.3) is 0 Å². The van der Waals surface area contributed by atoms with Crippen LogP contribution in [-0.2, 0) is 0 Å². The molecular formula is C12H8N2O. The Morgan fingerprint density at radius 2 is 2.33 bits per heavy atom. The van der Waals surface area contributed by atoms with E-state index < -0.39 is 0 Å². The molecule has 0 amide bonds. The number of pyridine rings is 1. The highest BCUT2D eigenvalue weighted by molar-refractivity contribution is 5.95. The molecule has 0 fully saturated rings. The largest absolute Gasteiger partial charge is 0.461 e. The number of nitrogens with zero attached hydrogens (tertiary/aromatic N) is 2. The average Bonchev–Trinajstić information content (AvgIpc) is 2.54. The molecule has 1 aliphatic rings. The summed E-state index contributed by atoms with van der Waals surface area (Å²) < 4.78 is 13.0. The maximum atomic E-state index is 7.61. The third-order valence-corrected chi connectivity index (χ3v) is 2.21. The Balaban J connectivity index is 2.38. The van der Waals surface area contributed by atoms with Gasteiger partial charge in [-0.25, -0.2) is 0 Å². The zero-order chi connectivity index (χ0) is 11.0. The van der Waals surface area contributed by atoms with E-state index in [-0.39, 0.29) is 0 Å². The second kappa shape index (κ2) is 3.20. The maximum absolute atomic E-state index is 7.61. The highest BCUT2D eigenvalue weighted by atomic mass is 16.5. The van der Waals surface area contributed by atoms with Gasteiger partial charge in [0.15, 0.2) is 5.75 Å². The normalized spacial score (nSPS) is 14.3. The Kier molecular flexibility index (Phi) is 1.53. The monoisotopic (exact) mass is 197 g/mol. The molecule has 0 N–H and O–H groups in total. The van der Waals surface area contributed by atoms with E-state index in [1.54, 1.807) is 36.9 Å². The fourth-order valence-corrected chi connectivity index (χ4v) is 1.53. The molecular weight excluding hydrogens is 188 g/mol. The highest BCUT2D eigenvalue weighted by Gasteiger charge is 2.08. The Morgan fingerprint density at radius 1 is 1.33 bits per heavy atom. The zero-order valence-electron chi connectivity index (χ0n) is 8.84. The van der Waals surface area contributed by atoms with Crippen molar-refractivity contribution >= 4 is 22.8 Å². The van der Waals surface area contributed by atoms with Crippen LogP contribution in [0, 0.1) is 0 Å². The first-order valence-electron chi connectivity index (χ1n) is 5.10. The van der Waals surface area contributed by atoms with Crippen LogP contribution in [0.3, 0.4) is 0 Å². The number of aliphatic imine (C=N–C) groups is 1. The molecule has 0 unspecified atom stereocenters. The number of hydrogen-bond donors (Lipinski definition) is 0. The molecule has 0 saturated heterocycles. The van der Waals surface area contributed by atoms with E-state index in [1.807, 2.05) is 6.07 Å². The van der Waals surface area contributed by atoms with Crippen molar-refractivity contribution in [3.63, 3.8) is 0 Å². The summed E-state index contributed by atoms with van der Waals surface area (Å²) in [6.07, 6.45) is 6.60. The number of ether oxygens (including phenoxy) is 1. The van der Waals surface area contributed by atoms with E-state index in [0.717, 1.165) is 16.6 Å². The van der Waals surface area contributed by atoms with E-state index in [1.165, 1.54) is 0 Å². The summed E-state index contributed by atoms with van der Waals surface area (Å²) in [6.45, 7) is 0. The number of rotatable bonds is 0. The van der Waals surface area contributed by atoms with Crippen LogP contribution in [0.1, 0.15) is 1.37 Å². The van der Waals surface area contributed by atoms with E-state index >= 15 is 0 Å². The van der Waals surface area contributed by atoms with Gasteiger partial charge in [-0.15, -0.1) is 0 Å². The number of fused-ring (bicyclic) bond motifs is 3. The first kappa shape index (κ1) is 7.17. The van der Waals surface area contributed by atoms with Gasteiger partial charge in [-0.3, -0.25) is 9.98 Å². The number of aromatic nitrogens is 1. The fraction of sp³-hybridized carbons (Fsp3) is 0. The van der Waals surface area contributed by atoms with Gasteiger partial charge >= 0.3 is 0 Å². The van der Waals surface area contributed by atoms with Gasteiger partial charge in [-0.1, -0.05) is 18.2 Å². The second-order valence-corrected chi connectivity index (χ2v) is 3.14. The minimum absolute atomic E-state index is 0.440. The van der Waals surface area contributed by atoms with Crippen molar-refractivity contribution in [3.8, 4) is 5.75 Å². The third kappa shape index (κ3) is 1.29. The number of para-hydroxylation sites is 1. The molecule has 0 spiro atoms. The molecule has 1 aliphatic heterocycles. The fourth-order valence-electron chi connectivity index (χ4n) is 1.53. The van der Waals surface area contributed by atoms with Crippen LogP contribution in [0.4, 0.5) is 5.69 Å². The SMILES string of the molecule is [2H]c1ccc2ncc3c(c2c1)N=CC=CO3. The molecule has 1 aromatic carbocycles. The van der Waals surface area contributed by atoms with Crippen molar-refractivity contribution in [2.75, 3.05) is 0 Å². The molecule has 0 bridgehead atoms. The maximum Gasteiger partial charge on any atom is 0.171 e. The van der Waals surface area contributed by atoms with Crippen molar-refractivity contribution in [3.05, 3.63) is 42.8 Å². The summed E-state index contributed by atoms with van der Waals surface area (Å²) in [4.78, 5) is 8.56. The Bertz CT molecular complexity index is 620. The van der Waals surface area contributed by atoms with Crippen molar-refractivity contribution in [2.45, 2.75) is 0 Å². The first-order valence-corrected chi connectivity index (χ1v) is 4.60. The standard InChI is InChI=1S/C12H8N2O/c1-2-5-10-9(4-1)12-11(8-14-10)15-7-3-6-13-12/h1-8H/i1D. The van der Waals surface area contributed by atoms with Gasteiger partial charge in [-0.05, 0) is 12.1 Å². The van der Waals surface area contributed by atoms with Gasteiger partial charge in [0.1, 0.15) is 5.69 Å². The second-order valence-electron chi connectivity index (χ2n) is 3.14. The average molecular weight is 197 g/mol. The van der Waals surface area contributed by atoms with E-state index in [0.29, 0.717) is 11.8 Å². The van der Waals surface area contributed by atoms with Crippen molar-refractivity contribution in [1.29, 1.82) is 0 Å². The summed E-state index contributed by atoms with van der Waals surface area (Å²) in [5.74, 6) is 0.614. The Hall–Kier alpha value is -2.16. The third-order valence-electron chi connectivity index (χ3n) is 2.21.